The van der Waals surface area contributed by atoms with Gasteiger partial charge in [-0.2, -0.15) is 5.26 Å². The number of benzene rings is 1. The lowest BCUT2D eigenvalue weighted by atomic mass is 10.1. The Morgan fingerprint density at radius 1 is 1.35 bits per heavy atom. The maximum Gasteiger partial charge on any atom is 0.186 e. The van der Waals surface area contributed by atoms with Crippen molar-refractivity contribution in [1.29, 1.82) is 5.26 Å². The lowest BCUT2D eigenvalue weighted by molar-refractivity contribution is 0.185. The van der Waals surface area contributed by atoms with Crippen LogP contribution in [0, 0.1) is 17.2 Å². The highest BCUT2D eigenvalue weighted by Gasteiger charge is 2.16. The summed E-state index contributed by atoms with van der Waals surface area (Å²) in [6, 6.07) is 9.84. The van der Waals surface area contributed by atoms with Gasteiger partial charge in [-0.15, -0.1) is 10.2 Å². The first-order valence-corrected chi connectivity index (χ1v) is 6.85. The lowest BCUT2D eigenvalue weighted by Gasteiger charge is -2.12. The van der Waals surface area contributed by atoms with Gasteiger partial charge in [0.05, 0.1) is 11.2 Å². The molecule has 0 aliphatic carbocycles. The molecule has 5 nitrogen and oxygen atoms in total. The van der Waals surface area contributed by atoms with E-state index in [1.54, 1.807) is 0 Å². The van der Waals surface area contributed by atoms with Gasteiger partial charge in [0.15, 0.2) is 5.69 Å². The highest BCUT2D eigenvalue weighted by atomic mass is 16.5. The quantitative estimate of drug-likeness (QED) is 0.921. The molecule has 1 aliphatic rings. The number of ether oxygens (including phenoxy) is 1. The molecule has 1 aromatic carbocycles. The minimum atomic E-state index is 0.353. The Labute approximate surface area is 117 Å². The van der Waals surface area contributed by atoms with Crippen LogP contribution in [0.1, 0.15) is 18.5 Å². The molecule has 0 spiro atoms. The molecule has 1 atom stereocenters. The van der Waals surface area contributed by atoms with Gasteiger partial charge in [0, 0.05) is 25.1 Å². The normalized spacial score (nSPS) is 18.1. The number of nitriles is 1. The summed E-state index contributed by atoms with van der Waals surface area (Å²) in [6.45, 7) is 2.54. The van der Waals surface area contributed by atoms with Crippen molar-refractivity contribution in [3.8, 4) is 6.07 Å². The van der Waals surface area contributed by atoms with Crippen LogP contribution in [0.4, 0.5) is 5.69 Å². The number of hydrogen-bond donors (Lipinski definition) is 1. The van der Waals surface area contributed by atoms with Crippen LogP contribution in [0.15, 0.2) is 24.3 Å². The minimum Gasteiger partial charge on any atom is -0.382 e. The molecule has 0 bridgehead atoms. The van der Waals surface area contributed by atoms with E-state index in [0.717, 1.165) is 49.2 Å². The van der Waals surface area contributed by atoms with Crippen LogP contribution in [-0.4, -0.2) is 30.0 Å². The van der Waals surface area contributed by atoms with Crippen molar-refractivity contribution in [2.24, 2.45) is 5.92 Å². The van der Waals surface area contributed by atoms with Gasteiger partial charge in [0.2, 0.25) is 0 Å². The molecule has 0 radical (unpaired) electrons. The molecule has 2 aromatic rings. The number of aromatic nitrogens is 2. The first-order valence-electron chi connectivity index (χ1n) is 6.85. The molecule has 1 aliphatic heterocycles. The van der Waals surface area contributed by atoms with Crippen molar-refractivity contribution < 1.29 is 4.74 Å². The highest BCUT2D eigenvalue weighted by molar-refractivity contribution is 5.92. The zero-order chi connectivity index (χ0) is 13.8. The Morgan fingerprint density at radius 2 is 2.25 bits per heavy atom. The molecule has 1 fully saturated rings. The molecule has 0 saturated carbocycles. The third-order valence-electron chi connectivity index (χ3n) is 3.65. The molecule has 1 unspecified atom stereocenters. The second kappa shape index (κ2) is 5.85. The zero-order valence-corrected chi connectivity index (χ0v) is 11.2. The van der Waals surface area contributed by atoms with E-state index in [2.05, 4.69) is 21.6 Å². The average Bonchev–Trinajstić information content (AvgIpc) is 3.00. The van der Waals surface area contributed by atoms with Gasteiger partial charge >= 0.3 is 0 Å². The standard InChI is InChI=1S/C15H16N4O/c16-9-14-15(17-7-5-11-6-8-20-10-11)12-3-1-2-4-13(12)18-19-14/h1-4,11H,5-8,10H2,(H,17,18). The smallest absolute Gasteiger partial charge is 0.186 e. The average molecular weight is 268 g/mol. The van der Waals surface area contributed by atoms with E-state index in [1.807, 2.05) is 24.3 Å². The molecule has 1 N–H and O–H groups in total. The van der Waals surface area contributed by atoms with Gasteiger partial charge in [-0.3, -0.25) is 0 Å². The summed E-state index contributed by atoms with van der Waals surface area (Å²) in [4.78, 5) is 0. The molecule has 1 aromatic heterocycles. The maximum absolute atomic E-state index is 9.18. The van der Waals surface area contributed by atoms with Crippen molar-refractivity contribution in [1.82, 2.24) is 10.2 Å². The number of fused-ring (bicyclic) bond motifs is 1. The largest absolute Gasteiger partial charge is 0.382 e. The second-order valence-corrected chi connectivity index (χ2v) is 5.00. The second-order valence-electron chi connectivity index (χ2n) is 5.00. The van der Waals surface area contributed by atoms with E-state index in [1.165, 1.54) is 0 Å². The van der Waals surface area contributed by atoms with Crippen molar-refractivity contribution in [2.45, 2.75) is 12.8 Å². The number of hydrogen-bond acceptors (Lipinski definition) is 5. The maximum atomic E-state index is 9.18. The fourth-order valence-corrected chi connectivity index (χ4v) is 2.52. The Hall–Kier alpha value is -2.19. The summed E-state index contributed by atoms with van der Waals surface area (Å²) in [6.07, 6.45) is 2.17. The third kappa shape index (κ3) is 2.56. The fraction of sp³-hybridized carbons (Fsp3) is 0.400. The van der Waals surface area contributed by atoms with E-state index < -0.39 is 0 Å². The van der Waals surface area contributed by atoms with Crippen molar-refractivity contribution >= 4 is 16.6 Å². The summed E-state index contributed by atoms with van der Waals surface area (Å²) in [5.41, 5.74) is 1.95. The molecule has 20 heavy (non-hydrogen) atoms. The highest BCUT2D eigenvalue weighted by Crippen LogP contribution is 2.24. The molecule has 0 amide bonds. The van der Waals surface area contributed by atoms with Crippen LogP contribution in [0.3, 0.4) is 0 Å². The van der Waals surface area contributed by atoms with E-state index >= 15 is 0 Å². The lowest BCUT2D eigenvalue weighted by Crippen LogP contribution is -2.11. The predicted molar refractivity (Wildman–Crippen MR) is 76.3 cm³/mol. The Bertz CT molecular complexity index is 644. The molecule has 102 valence electrons. The number of rotatable bonds is 4. The van der Waals surface area contributed by atoms with Crippen LogP contribution < -0.4 is 5.32 Å². The van der Waals surface area contributed by atoms with Crippen LogP contribution >= 0.6 is 0 Å². The fourth-order valence-electron chi connectivity index (χ4n) is 2.52. The summed E-state index contributed by atoms with van der Waals surface area (Å²) < 4.78 is 5.37. The van der Waals surface area contributed by atoms with Crippen LogP contribution in [-0.2, 0) is 4.74 Å². The number of anilines is 1. The van der Waals surface area contributed by atoms with Crippen LogP contribution in [0.5, 0.6) is 0 Å². The third-order valence-corrected chi connectivity index (χ3v) is 3.65. The number of nitrogens with zero attached hydrogens (tertiary/aromatic N) is 3. The zero-order valence-electron chi connectivity index (χ0n) is 11.2. The summed E-state index contributed by atoms with van der Waals surface area (Å²) in [5.74, 6) is 0.620. The van der Waals surface area contributed by atoms with Gasteiger partial charge in [0.1, 0.15) is 6.07 Å². The van der Waals surface area contributed by atoms with Crippen LogP contribution in [0.2, 0.25) is 0 Å². The summed E-state index contributed by atoms with van der Waals surface area (Å²) in [7, 11) is 0. The van der Waals surface area contributed by atoms with Gasteiger partial charge in [-0.25, -0.2) is 0 Å². The van der Waals surface area contributed by atoms with Gasteiger partial charge in [-0.05, 0) is 24.8 Å². The summed E-state index contributed by atoms with van der Waals surface area (Å²) >= 11 is 0. The van der Waals surface area contributed by atoms with Crippen molar-refractivity contribution in [3.63, 3.8) is 0 Å². The first kappa shape index (κ1) is 12.8. The van der Waals surface area contributed by atoms with Gasteiger partial charge < -0.3 is 10.1 Å². The first-order chi connectivity index (χ1) is 9.88. The molecule has 1 saturated heterocycles. The monoisotopic (exact) mass is 268 g/mol. The SMILES string of the molecule is N#Cc1nnc2ccccc2c1NCCC1CCOC1. The molecule has 2 heterocycles. The van der Waals surface area contributed by atoms with Crippen LogP contribution in [0.25, 0.3) is 10.9 Å². The molecule has 3 rings (SSSR count). The molecule has 5 heteroatoms. The van der Waals surface area contributed by atoms with E-state index in [-0.39, 0.29) is 0 Å². The van der Waals surface area contributed by atoms with Gasteiger partial charge in [0.25, 0.3) is 0 Å². The summed E-state index contributed by atoms with van der Waals surface area (Å²) in [5, 5.41) is 21.5. The van der Waals surface area contributed by atoms with E-state index in [9.17, 15) is 5.26 Å². The Kier molecular flexibility index (Phi) is 3.75. The molecular formula is C15H16N4O. The topological polar surface area (TPSA) is 70.8 Å². The van der Waals surface area contributed by atoms with Crippen molar-refractivity contribution in [2.75, 3.05) is 25.1 Å². The van der Waals surface area contributed by atoms with Crippen molar-refractivity contribution in [3.05, 3.63) is 30.0 Å². The van der Waals surface area contributed by atoms with E-state index in [0.29, 0.717) is 11.6 Å². The minimum absolute atomic E-state index is 0.353. The Balaban J connectivity index is 1.79. The Morgan fingerprint density at radius 3 is 3.05 bits per heavy atom. The van der Waals surface area contributed by atoms with E-state index in [4.69, 9.17) is 4.74 Å². The van der Waals surface area contributed by atoms with Gasteiger partial charge in [-0.1, -0.05) is 18.2 Å². The number of nitrogens with one attached hydrogen (secondary N) is 1. The predicted octanol–water partition coefficient (Wildman–Crippen LogP) is 2.34. The molecular weight excluding hydrogens is 252 g/mol.